The van der Waals surface area contributed by atoms with Crippen molar-refractivity contribution in [1.82, 2.24) is 0 Å². The lowest BCUT2D eigenvalue weighted by molar-refractivity contribution is -0.274. The first-order valence-electron chi connectivity index (χ1n) is 8.84. The Kier molecular flexibility index (Phi) is 6.18. The van der Waals surface area contributed by atoms with Gasteiger partial charge in [-0.25, -0.2) is 8.99 Å². The van der Waals surface area contributed by atoms with Crippen LogP contribution in [0.25, 0.3) is 0 Å². The lowest BCUT2D eigenvalue weighted by atomic mass is 10.1. The van der Waals surface area contributed by atoms with Gasteiger partial charge in [-0.2, -0.15) is 13.2 Å². The summed E-state index contributed by atoms with van der Waals surface area (Å²) in [6.45, 7) is 0. The molecular weight excluding hydrogens is 462 g/mol. The highest BCUT2D eigenvalue weighted by Gasteiger charge is 2.36. The molecule has 0 spiro atoms. The van der Waals surface area contributed by atoms with Crippen LogP contribution in [0.5, 0.6) is 11.5 Å². The third-order valence-corrected chi connectivity index (χ3v) is 5.35. The summed E-state index contributed by atoms with van der Waals surface area (Å²) in [5.41, 5.74) is -0.794. The second-order valence-electron chi connectivity index (χ2n) is 6.72. The Hall–Kier alpha value is -3.15. The summed E-state index contributed by atoms with van der Waals surface area (Å²) in [6.07, 6.45) is -6.71. The number of allylic oxidation sites excluding steroid dienone is 2. The minimum Gasteiger partial charge on any atom is -0.467 e. The fraction of sp³-hybridized carbons (Fsp3) is 0.200. The molecule has 32 heavy (non-hydrogen) atoms. The average Bonchev–Trinajstić information content (AvgIpc) is 2.67. The van der Waals surface area contributed by atoms with E-state index >= 15 is 0 Å². The molecule has 0 aliphatic carbocycles. The summed E-state index contributed by atoms with van der Waals surface area (Å²) in [5, 5.41) is 0. The maximum Gasteiger partial charge on any atom is 0.573 e. The van der Waals surface area contributed by atoms with Crippen LogP contribution in [0.3, 0.4) is 0 Å². The molecule has 2 aromatic carbocycles. The van der Waals surface area contributed by atoms with Gasteiger partial charge in [-0.1, -0.05) is 6.07 Å². The Bertz CT molecular complexity index is 1140. The summed E-state index contributed by atoms with van der Waals surface area (Å²) >= 11 is 0. The maximum atomic E-state index is 13.3. The van der Waals surface area contributed by atoms with Crippen molar-refractivity contribution in [3.63, 3.8) is 0 Å². The van der Waals surface area contributed by atoms with Crippen LogP contribution < -0.4 is 14.4 Å². The Morgan fingerprint density at radius 2 is 1.62 bits per heavy atom. The predicted molar refractivity (Wildman–Crippen MR) is 105 cm³/mol. The number of benzene rings is 2. The minimum absolute atomic E-state index is 0.0685. The molecule has 1 aliphatic heterocycles. The smallest absolute Gasteiger partial charge is 0.467 e. The van der Waals surface area contributed by atoms with Crippen LogP contribution in [-0.2, 0) is 9.73 Å². The molecule has 0 amide bonds. The summed E-state index contributed by atoms with van der Waals surface area (Å²) < 4.78 is 106. The van der Waals surface area contributed by atoms with E-state index < -0.39 is 39.8 Å². The van der Waals surface area contributed by atoms with Crippen LogP contribution in [0.1, 0.15) is 0 Å². The number of nitrogens with one attached hydrogen (secondary N) is 1. The highest BCUT2D eigenvalue weighted by atomic mass is 32.2. The van der Waals surface area contributed by atoms with Crippen molar-refractivity contribution in [1.29, 1.82) is 4.78 Å². The second kappa shape index (κ2) is 8.41. The third kappa shape index (κ3) is 5.96. The van der Waals surface area contributed by atoms with Crippen LogP contribution in [0.2, 0.25) is 0 Å². The number of alkyl halides is 6. The first-order valence-corrected chi connectivity index (χ1v) is 10.8. The van der Waals surface area contributed by atoms with Gasteiger partial charge in [0, 0.05) is 23.0 Å². The molecule has 0 saturated carbocycles. The molecule has 12 heteroatoms. The molecule has 0 saturated heterocycles. The predicted octanol–water partition coefficient (Wildman–Crippen LogP) is 5.85. The molecule has 5 nitrogen and oxygen atoms in total. The van der Waals surface area contributed by atoms with Crippen molar-refractivity contribution in [2.24, 2.45) is 0 Å². The van der Waals surface area contributed by atoms with Crippen molar-refractivity contribution in [2.75, 3.05) is 11.2 Å². The van der Waals surface area contributed by atoms with Crippen molar-refractivity contribution < 1.29 is 40.0 Å². The molecule has 0 bridgehead atoms. The van der Waals surface area contributed by atoms with Gasteiger partial charge in [-0.15, -0.1) is 13.2 Å². The van der Waals surface area contributed by atoms with Gasteiger partial charge >= 0.3 is 12.5 Å². The SMILES string of the molecule is CS(=N)(=O)c1cccc(N2C=C(C(F)(F)F)C=CC2Oc2ccc(OC(F)(F)F)cc2)c1. The molecule has 2 aromatic rings. The van der Waals surface area contributed by atoms with Crippen molar-refractivity contribution >= 4 is 15.4 Å². The first kappa shape index (κ1) is 23.5. The molecule has 0 fully saturated rings. The van der Waals surface area contributed by atoms with Crippen LogP contribution in [0, 0.1) is 4.78 Å². The van der Waals surface area contributed by atoms with Crippen LogP contribution in [0.4, 0.5) is 32.0 Å². The van der Waals surface area contributed by atoms with Crippen LogP contribution in [0.15, 0.2) is 77.4 Å². The fourth-order valence-electron chi connectivity index (χ4n) is 2.78. The summed E-state index contributed by atoms with van der Waals surface area (Å²) in [7, 11) is -3.14. The van der Waals surface area contributed by atoms with E-state index in [-0.39, 0.29) is 16.3 Å². The van der Waals surface area contributed by atoms with Crippen LogP contribution >= 0.6 is 0 Å². The van der Waals surface area contributed by atoms with Gasteiger partial charge in [-0.05, 0) is 54.6 Å². The zero-order chi connectivity index (χ0) is 23.7. The lowest BCUT2D eigenvalue weighted by Crippen LogP contribution is -2.37. The Labute approximate surface area is 179 Å². The maximum absolute atomic E-state index is 13.3. The zero-order valence-electron chi connectivity index (χ0n) is 16.3. The number of ether oxygens (including phenoxy) is 2. The van der Waals surface area contributed by atoms with Gasteiger partial charge in [-0.3, -0.25) is 0 Å². The lowest BCUT2D eigenvalue weighted by Gasteiger charge is -2.32. The summed E-state index contributed by atoms with van der Waals surface area (Å²) in [4.78, 5) is 1.23. The zero-order valence-corrected chi connectivity index (χ0v) is 17.1. The number of hydrogen-bond acceptors (Lipinski definition) is 5. The van der Waals surface area contributed by atoms with Gasteiger partial charge in [0.15, 0.2) is 6.23 Å². The fourth-order valence-corrected chi connectivity index (χ4v) is 3.46. The molecule has 0 radical (unpaired) electrons. The third-order valence-electron chi connectivity index (χ3n) is 4.20. The minimum atomic E-state index is -4.87. The van der Waals surface area contributed by atoms with Gasteiger partial charge in [0.05, 0.1) is 15.3 Å². The number of anilines is 1. The van der Waals surface area contributed by atoms with Crippen molar-refractivity contribution in [2.45, 2.75) is 23.7 Å². The molecule has 1 heterocycles. The van der Waals surface area contributed by atoms with E-state index in [0.29, 0.717) is 0 Å². The van der Waals surface area contributed by atoms with E-state index in [2.05, 4.69) is 4.74 Å². The van der Waals surface area contributed by atoms with E-state index in [4.69, 9.17) is 9.52 Å². The van der Waals surface area contributed by atoms with Gasteiger partial charge in [0.2, 0.25) is 0 Å². The van der Waals surface area contributed by atoms with E-state index in [1.807, 2.05) is 0 Å². The quantitative estimate of drug-likeness (QED) is 0.548. The van der Waals surface area contributed by atoms with E-state index in [0.717, 1.165) is 35.4 Å². The molecule has 0 aromatic heterocycles. The Morgan fingerprint density at radius 1 is 1.00 bits per heavy atom. The number of nitrogens with zero attached hydrogens (tertiary/aromatic N) is 1. The van der Waals surface area contributed by atoms with Gasteiger partial charge in [0.25, 0.3) is 0 Å². The summed E-state index contributed by atoms with van der Waals surface area (Å²) in [5.74, 6) is -0.417. The van der Waals surface area contributed by atoms with Crippen LogP contribution in [-0.4, -0.2) is 29.2 Å². The Morgan fingerprint density at radius 3 is 2.19 bits per heavy atom. The summed E-state index contributed by atoms with van der Waals surface area (Å²) in [6, 6.07) is 9.99. The first-order chi connectivity index (χ1) is 14.7. The number of hydrogen-bond donors (Lipinski definition) is 1. The monoisotopic (exact) mass is 478 g/mol. The number of halogens is 6. The molecule has 3 rings (SSSR count). The van der Waals surface area contributed by atoms with E-state index in [1.165, 1.54) is 42.7 Å². The largest absolute Gasteiger partial charge is 0.573 e. The number of rotatable bonds is 5. The van der Waals surface area contributed by atoms with E-state index in [9.17, 15) is 30.6 Å². The van der Waals surface area contributed by atoms with Crippen molar-refractivity contribution in [3.05, 3.63) is 72.5 Å². The second-order valence-corrected chi connectivity index (χ2v) is 8.88. The normalized spacial score (nSPS) is 18.7. The molecule has 172 valence electrons. The Balaban J connectivity index is 1.92. The molecule has 2 atom stereocenters. The van der Waals surface area contributed by atoms with Gasteiger partial charge in [0.1, 0.15) is 11.5 Å². The molecule has 2 unspecified atom stereocenters. The highest BCUT2D eigenvalue weighted by molar-refractivity contribution is 7.91. The molecular formula is C20H16F6N2O3S. The topological polar surface area (TPSA) is 62.6 Å². The van der Waals surface area contributed by atoms with Crippen molar-refractivity contribution in [3.8, 4) is 11.5 Å². The van der Waals surface area contributed by atoms with E-state index in [1.54, 1.807) is 0 Å². The highest BCUT2D eigenvalue weighted by Crippen LogP contribution is 2.34. The average molecular weight is 478 g/mol. The molecule has 1 N–H and O–H groups in total. The van der Waals surface area contributed by atoms with Gasteiger partial charge < -0.3 is 14.4 Å². The molecule has 1 aliphatic rings. The standard InChI is InChI=1S/C20H16F6N2O3S/c1-32(27,29)17-4-2-3-14(11-17)28-12-13(19(21,22)23)5-10-18(28)30-15-6-8-16(9-7-15)31-20(24,25)26/h2-12,18,27H,1H3.